The summed E-state index contributed by atoms with van der Waals surface area (Å²) in [5.74, 6) is 0.504. The highest BCUT2D eigenvalue weighted by Crippen LogP contribution is 2.08. The van der Waals surface area contributed by atoms with Gasteiger partial charge in [0, 0.05) is 13.1 Å². The summed E-state index contributed by atoms with van der Waals surface area (Å²) < 4.78 is 1.58. The van der Waals surface area contributed by atoms with Crippen LogP contribution in [0.3, 0.4) is 0 Å². The number of rotatable bonds is 3. The molecule has 6 nitrogen and oxygen atoms in total. The fourth-order valence-corrected chi connectivity index (χ4v) is 1.75. The number of amides is 1. The minimum absolute atomic E-state index is 0.0713. The Kier molecular flexibility index (Phi) is 2.96. The van der Waals surface area contributed by atoms with Crippen LogP contribution in [0.5, 0.6) is 0 Å². The first-order chi connectivity index (χ1) is 7.31. The third kappa shape index (κ3) is 2.15. The van der Waals surface area contributed by atoms with Gasteiger partial charge < -0.3 is 14.6 Å². The van der Waals surface area contributed by atoms with Crippen LogP contribution in [0.2, 0.25) is 0 Å². The summed E-state index contributed by atoms with van der Waals surface area (Å²) in [6, 6.07) is 0. The van der Waals surface area contributed by atoms with E-state index in [1.54, 1.807) is 4.57 Å². The van der Waals surface area contributed by atoms with Crippen LogP contribution in [0.4, 0.5) is 0 Å². The van der Waals surface area contributed by atoms with Gasteiger partial charge in [-0.3, -0.25) is 4.79 Å². The molecule has 0 atom stereocenters. The van der Waals surface area contributed by atoms with Crippen LogP contribution in [-0.4, -0.2) is 43.8 Å². The molecule has 0 saturated carbocycles. The first-order valence-electron chi connectivity index (χ1n) is 5.06. The monoisotopic (exact) mass is 210 g/mol. The van der Waals surface area contributed by atoms with Crippen molar-refractivity contribution in [3.05, 3.63) is 12.2 Å². The third-order valence-corrected chi connectivity index (χ3v) is 2.60. The van der Waals surface area contributed by atoms with Gasteiger partial charge in [-0.1, -0.05) is 0 Å². The lowest BCUT2D eigenvalue weighted by atomic mass is 10.4. The molecule has 2 heterocycles. The molecule has 1 aromatic rings. The number of likely N-dealkylation sites (tertiary alicyclic amines) is 1. The molecule has 1 N–H and O–H groups in total. The van der Waals surface area contributed by atoms with Crippen LogP contribution in [0.25, 0.3) is 0 Å². The normalized spacial score (nSPS) is 15.9. The van der Waals surface area contributed by atoms with Gasteiger partial charge in [-0.25, -0.2) is 0 Å². The molecule has 0 aromatic carbocycles. The molecule has 0 spiro atoms. The first-order valence-corrected chi connectivity index (χ1v) is 5.06. The van der Waals surface area contributed by atoms with Gasteiger partial charge in [0.2, 0.25) is 5.91 Å². The summed E-state index contributed by atoms with van der Waals surface area (Å²) in [5, 5.41) is 16.3. The maximum atomic E-state index is 11.7. The fourth-order valence-electron chi connectivity index (χ4n) is 1.75. The molecule has 6 heteroatoms. The molecule has 1 aromatic heterocycles. The van der Waals surface area contributed by atoms with E-state index in [0.717, 1.165) is 25.9 Å². The molecule has 82 valence electrons. The zero-order valence-electron chi connectivity index (χ0n) is 8.46. The minimum atomic E-state index is -0.187. The van der Waals surface area contributed by atoms with Crippen LogP contribution >= 0.6 is 0 Å². The number of nitrogens with zero attached hydrogens (tertiary/aromatic N) is 4. The van der Waals surface area contributed by atoms with Gasteiger partial charge in [0.25, 0.3) is 0 Å². The quantitative estimate of drug-likeness (QED) is 0.722. The van der Waals surface area contributed by atoms with Crippen LogP contribution < -0.4 is 0 Å². The molecule has 1 amide bonds. The van der Waals surface area contributed by atoms with Gasteiger partial charge in [0.15, 0.2) is 5.82 Å². The van der Waals surface area contributed by atoms with Crippen LogP contribution in [0.15, 0.2) is 6.33 Å². The Hall–Kier alpha value is -1.43. The predicted octanol–water partition coefficient (Wildman–Crippen LogP) is -0.607. The molecule has 1 aliphatic rings. The van der Waals surface area contributed by atoms with Gasteiger partial charge in [0.05, 0.1) is 0 Å². The number of aromatic nitrogens is 3. The number of carbonyl (C=O) groups excluding carboxylic acids is 1. The van der Waals surface area contributed by atoms with E-state index >= 15 is 0 Å². The molecule has 0 bridgehead atoms. The summed E-state index contributed by atoms with van der Waals surface area (Å²) in [5.41, 5.74) is 0. The third-order valence-electron chi connectivity index (χ3n) is 2.60. The average molecular weight is 210 g/mol. The van der Waals surface area contributed by atoms with Gasteiger partial charge >= 0.3 is 0 Å². The Balaban J connectivity index is 1.98. The predicted molar refractivity (Wildman–Crippen MR) is 51.8 cm³/mol. The lowest BCUT2D eigenvalue weighted by Crippen LogP contribution is -2.31. The Labute approximate surface area is 87.5 Å². The zero-order valence-corrected chi connectivity index (χ0v) is 8.46. The largest absolute Gasteiger partial charge is 0.388 e. The van der Waals surface area contributed by atoms with E-state index in [9.17, 15) is 4.79 Å². The average Bonchev–Trinajstić information content (AvgIpc) is 2.87. The zero-order chi connectivity index (χ0) is 10.7. The summed E-state index contributed by atoms with van der Waals surface area (Å²) >= 11 is 0. The molecule has 2 rings (SSSR count). The minimum Gasteiger partial charge on any atom is -0.388 e. The Morgan fingerprint density at radius 1 is 1.47 bits per heavy atom. The van der Waals surface area contributed by atoms with E-state index in [-0.39, 0.29) is 19.1 Å². The topological polar surface area (TPSA) is 71.2 Å². The lowest BCUT2D eigenvalue weighted by molar-refractivity contribution is -0.130. The summed E-state index contributed by atoms with van der Waals surface area (Å²) in [6.45, 7) is 1.72. The number of hydrogen-bond acceptors (Lipinski definition) is 4. The second-order valence-electron chi connectivity index (χ2n) is 3.62. The second-order valence-corrected chi connectivity index (χ2v) is 3.62. The highest BCUT2D eigenvalue weighted by molar-refractivity contribution is 5.76. The van der Waals surface area contributed by atoms with Crippen molar-refractivity contribution in [2.45, 2.75) is 26.0 Å². The number of aliphatic hydroxyl groups excluding tert-OH is 1. The SMILES string of the molecule is O=C(Cn1cnnc1CO)N1CCCC1. The van der Waals surface area contributed by atoms with Crippen molar-refractivity contribution in [3.63, 3.8) is 0 Å². The summed E-state index contributed by atoms with van der Waals surface area (Å²) in [4.78, 5) is 13.6. The number of hydrogen-bond donors (Lipinski definition) is 1. The fraction of sp³-hybridized carbons (Fsp3) is 0.667. The van der Waals surface area contributed by atoms with Gasteiger partial charge in [-0.15, -0.1) is 10.2 Å². The van der Waals surface area contributed by atoms with Crippen molar-refractivity contribution < 1.29 is 9.90 Å². The van der Waals surface area contributed by atoms with E-state index < -0.39 is 0 Å². The molecule has 1 fully saturated rings. The first kappa shape index (κ1) is 10.1. The van der Waals surface area contributed by atoms with Crippen molar-refractivity contribution >= 4 is 5.91 Å². The molecular formula is C9H14N4O2. The van der Waals surface area contributed by atoms with Crippen molar-refractivity contribution in [3.8, 4) is 0 Å². The van der Waals surface area contributed by atoms with E-state index in [1.165, 1.54) is 6.33 Å². The van der Waals surface area contributed by atoms with E-state index in [1.807, 2.05) is 4.90 Å². The molecule has 0 radical (unpaired) electrons. The smallest absolute Gasteiger partial charge is 0.242 e. The van der Waals surface area contributed by atoms with Gasteiger partial charge in [-0.2, -0.15) is 0 Å². The molecule has 1 saturated heterocycles. The van der Waals surface area contributed by atoms with Crippen molar-refractivity contribution in [1.82, 2.24) is 19.7 Å². The molecule has 1 aliphatic heterocycles. The van der Waals surface area contributed by atoms with E-state index in [0.29, 0.717) is 5.82 Å². The highest BCUT2D eigenvalue weighted by Gasteiger charge is 2.18. The van der Waals surface area contributed by atoms with Crippen LogP contribution in [0, 0.1) is 0 Å². The number of aliphatic hydroxyl groups is 1. The Bertz CT molecular complexity index is 344. The standard InChI is InChI=1S/C9H14N4O2/c14-6-8-11-10-7-13(8)5-9(15)12-3-1-2-4-12/h7,14H,1-6H2. The molecule has 0 unspecified atom stereocenters. The molecular weight excluding hydrogens is 196 g/mol. The summed E-state index contributed by atoms with van der Waals surface area (Å²) in [6.07, 6.45) is 3.64. The maximum absolute atomic E-state index is 11.7. The van der Waals surface area contributed by atoms with E-state index in [4.69, 9.17) is 5.11 Å². The van der Waals surface area contributed by atoms with Crippen molar-refractivity contribution in [2.75, 3.05) is 13.1 Å². The van der Waals surface area contributed by atoms with Crippen molar-refractivity contribution in [2.24, 2.45) is 0 Å². The molecule has 0 aliphatic carbocycles. The second kappa shape index (κ2) is 4.39. The van der Waals surface area contributed by atoms with Gasteiger partial charge in [0.1, 0.15) is 19.5 Å². The lowest BCUT2D eigenvalue weighted by Gasteiger charge is -2.15. The maximum Gasteiger partial charge on any atom is 0.242 e. The Morgan fingerprint density at radius 3 is 2.87 bits per heavy atom. The van der Waals surface area contributed by atoms with Crippen LogP contribution in [-0.2, 0) is 17.9 Å². The van der Waals surface area contributed by atoms with Crippen molar-refractivity contribution in [1.29, 1.82) is 0 Å². The molecule has 15 heavy (non-hydrogen) atoms. The Morgan fingerprint density at radius 2 is 2.20 bits per heavy atom. The summed E-state index contributed by atoms with van der Waals surface area (Å²) in [7, 11) is 0. The number of carbonyl (C=O) groups is 1. The van der Waals surface area contributed by atoms with Gasteiger partial charge in [-0.05, 0) is 12.8 Å². The van der Waals surface area contributed by atoms with E-state index in [2.05, 4.69) is 10.2 Å². The van der Waals surface area contributed by atoms with Crippen LogP contribution in [0.1, 0.15) is 18.7 Å². The highest BCUT2D eigenvalue weighted by atomic mass is 16.3.